The molecule has 1 N–H and O–H groups in total. The Morgan fingerprint density at radius 3 is 2.53 bits per heavy atom. The van der Waals surface area contributed by atoms with E-state index in [1.165, 1.54) is 18.6 Å². The number of amides is 1. The van der Waals surface area contributed by atoms with Crippen molar-refractivity contribution in [2.45, 2.75) is 19.3 Å². The van der Waals surface area contributed by atoms with Crippen LogP contribution in [-0.2, 0) is 0 Å². The van der Waals surface area contributed by atoms with Gasteiger partial charge in [-0.3, -0.25) is 4.79 Å². The Morgan fingerprint density at radius 1 is 1.20 bits per heavy atom. The Balaban J connectivity index is 2.09. The number of hydrogen-bond acceptors (Lipinski definition) is 2. The van der Waals surface area contributed by atoms with E-state index in [1.54, 1.807) is 17.0 Å². The van der Waals surface area contributed by atoms with Crippen LogP contribution in [0.25, 0.3) is 0 Å². The molecule has 0 bridgehead atoms. The lowest BCUT2D eigenvalue weighted by Crippen LogP contribution is -2.32. The van der Waals surface area contributed by atoms with Crippen molar-refractivity contribution in [3.63, 3.8) is 0 Å². The van der Waals surface area contributed by atoms with Gasteiger partial charge in [-0.1, -0.05) is 0 Å². The summed E-state index contributed by atoms with van der Waals surface area (Å²) in [5.74, 6) is 0.212. The van der Waals surface area contributed by atoms with Crippen molar-refractivity contribution in [1.29, 1.82) is 0 Å². The fourth-order valence-corrected chi connectivity index (χ4v) is 1.72. The van der Waals surface area contributed by atoms with Crippen molar-refractivity contribution in [1.82, 2.24) is 4.90 Å². The molecular formula is C12H14NO2. The molecule has 0 saturated carbocycles. The maximum atomic E-state index is 11.9. The summed E-state index contributed by atoms with van der Waals surface area (Å²) in [4.78, 5) is 13.7. The molecule has 0 aliphatic carbocycles. The highest BCUT2D eigenvalue weighted by Crippen LogP contribution is 2.17. The maximum Gasteiger partial charge on any atom is 0.254 e. The van der Waals surface area contributed by atoms with Gasteiger partial charge in [0.15, 0.2) is 0 Å². The lowest BCUT2D eigenvalue weighted by atomic mass is 10.1. The second-order valence-corrected chi connectivity index (χ2v) is 3.72. The van der Waals surface area contributed by atoms with E-state index in [4.69, 9.17) is 5.11 Å². The summed E-state index contributed by atoms with van der Waals surface area (Å²) in [5.41, 5.74) is 0.631. The molecule has 1 heterocycles. The molecular weight excluding hydrogens is 190 g/mol. The minimum absolute atomic E-state index is 0.0229. The van der Waals surface area contributed by atoms with Gasteiger partial charge in [0.25, 0.3) is 5.91 Å². The van der Waals surface area contributed by atoms with Crippen LogP contribution < -0.4 is 0 Å². The number of benzene rings is 1. The SMILES string of the molecule is O=C(c1ccc(O)cc1)N1[CH]CCCC1. The van der Waals surface area contributed by atoms with Crippen LogP contribution in [0.2, 0.25) is 0 Å². The van der Waals surface area contributed by atoms with E-state index < -0.39 is 0 Å². The third-order valence-corrected chi connectivity index (χ3v) is 2.58. The van der Waals surface area contributed by atoms with E-state index in [-0.39, 0.29) is 11.7 Å². The monoisotopic (exact) mass is 204 g/mol. The third-order valence-electron chi connectivity index (χ3n) is 2.58. The average molecular weight is 204 g/mol. The van der Waals surface area contributed by atoms with Crippen molar-refractivity contribution in [3.8, 4) is 5.75 Å². The molecule has 1 aliphatic heterocycles. The molecule has 3 heteroatoms. The number of piperidine rings is 1. The molecule has 1 aromatic rings. The van der Waals surface area contributed by atoms with Crippen LogP contribution in [0.3, 0.4) is 0 Å². The van der Waals surface area contributed by atoms with E-state index in [0.717, 1.165) is 19.4 Å². The fraction of sp³-hybridized carbons (Fsp3) is 0.333. The first kappa shape index (κ1) is 10.0. The number of rotatable bonds is 1. The van der Waals surface area contributed by atoms with Crippen molar-refractivity contribution in [3.05, 3.63) is 36.4 Å². The molecule has 0 unspecified atom stereocenters. The second kappa shape index (κ2) is 4.34. The van der Waals surface area contributed by atoms with Gasteiger partial charge in [0, 0.05) is 12.1 Å². The van der Waals surface area contributed by atoms with Gasteiger partial charge in [-0.25, -0.2) is 0 Å². The van der Waals surface area contributed by atoms with Gasteiger partial charge < -0.3 is 10.0 Å². The third kappa shape index (κ3) is 2.29. The van der Waals surface area contributed by atoms with Gasteiger partial charge in [0.1, 0.15) is 5.75 Å². The van der Waals surface area contributed by atoms with E-state index in [9.17, 15) is 4.79 Å². The van der Waals surface area contributed by atoms with Crippen LogP contribution in [0.5, 0.6) is 5.75 Å². The number of likely N-dealkylation sites (tertiary alicyclic amines) is 1. The van der Waals surface area contributed by atoms with Crippen LogP contribution in [0, 0.1) is 6.54 Å². The second-order valence-electron chi connectivity index (χ2n) is 3.72. The number of nitrogens with zero attached hydrogens (tertiary/aromatic N) is 1. The summed E-state index contributed by atoms with van der Waals surface area (Å²) in [5, 5.41) is 9.12. The highest BCUT2D eigenvalue weighted by Gasteiger charge is 2.18. The van der Waals surface area contributed by atoms with E-state index >= 15 is 0 Å². The molecule has 2 rings (SSSR count). The number of aromatic hydroxyl groups is 1. The first-order chi connectivity index (χ1) is 7.27. The first-order valence-corrected chi connectivity index (χ1v) is 5.21. The summed E-state index contributed by atoms with van der Waals surface area (Å²) in [6, 6.07) is 6.38. The Bertz CT molecular complexity index is 339. The predicted octanol–water partition coefficient (Wildman–Crippen LogP) is 2.18. The van der Waals surface area contributed by atoms with Crippen LogP contribution in [-0.4, -0.2) is 22.5 Å². The van der Waals surface area contributed by atoms with Gasteiger partial charge in [0.2, 0.25) is 0 Å². The van der Waals surface area contributed by atoms with Crippen molar-refractivity contribution < 1.29 is 9.90 Å². The largest absolute Gasteiger partial charge is 0.508 e. The Hall–Kier alpha value is -1.51. The molecule has 0 spiro atoms. The van der Waals surface area contributed by atoms with Crippen molar-refractivity contribution in [2.24, 2.45) is 0 Å². The Kier molecular flexibility index (Phi) is 2.90. The minimum atomic E-state index is 0.0229. The van der Waals surface area contributed by atoms with Gasteiger partial charge in [-0.2, -0.15) is 0 Å². The molecule has 0 atom stereocenters. The van der Waals surface area contributed by atoms with E-state index in [2.05, 4.69) is 0 Å². The fourth-order valence-electron chi connectivity index (χ4n) is 1.72. The molecule has 1 amide bonds. The number of hydrogen-bond donors (Lipinski definition) is 1. The molecule has 1 aliphatic rings. The smallest absolute Gasteiger partial charge is 0.254 e. The topological polar surface area (TPSA) is 40.5 Å². The molecule has 3 nitrogen and oxygen atoms in total. The van der Waals surface area contributed by atoms with E-state index in [0.29, 0.717) is 5.56 Å². The van der Waals surface area contributed by atoms with Crippen molar-refractivity contribution in [2.75, 3.05) is 6.54 Å². The van der Waals surface area contributed by atoms with Gasteiger partial charge in [0.05, 0.1) is 6.54 Å². The van der Waals surface area contributed by atoms with Gasteiger partial charge in [-0.05, 0) is 43.5 Å². The Labute approximate surface area is 89.3 Å². The quantitative estimate of drug-likeness (QED) is 0.761. The number of phenols is 1. The predicted molar refractivity (Wildman–Crippen MR) is 57.3 cm³/mol. The molecule has 0 aromatic heterocycles. The molecule has 1 radical (unpaired) electrons. The highest BCUT2D eigenvalue weighted by atomic mass is 16.3. The zero-order valence-corrected chi connectivity index (χ0v) is 8.52. The number of phenolic OH excluding ortho intramolecular Hbond substituents is 1. The van der Waals surface area contributed by atoms with Crippen LogP contribution >= 0.6 is 0 Å². The summed E-state index contributed by atoms with van der Waals surface area (Å²) >= 11 is 0. The van der Waals surface area contributed by atoms with Gasteiger partial charge >= 0.3 is 0 Å². The first-order valence-electron chi connectivity index (χ1n) is 5.21. The zero-order valence-electron chi connectivity index (χ0n) is 8.52. The molecule has 79 valence electrons. The average Bonchev–Trinajstić information content (AvgIpc) is 2.30. The summed E-state index contributed by atoms with van der Waals surface area (Å²) < 4.78 is 0. The molecule has 15 heavy (non-hydrogen) atoms. The summed E-state index contributed by atoms with van der Waals surface area (Å²) in [7, 11) is 0. The van der Waals surface area contributed by atoms with Gasteiger partial charge in [-0.15, -0.1) is 0 Å². The molecule has 1 saturated heterocycles. The molecule has 1 aromatic carbocycles. The van der Waals surface area contributed by atoms with Crippen LogP contribution in [0.15, 0.2) is 24.3 Å². The molecule has 1 fully saturated rings. The normalized spacial score (nSPS) is 16.4. The van der Waals surface area contributed by atoms with E-state index in [1.807, 2.05) is 6.54 Å². The number of carbonyl (C=O) groups excluding carboxylic acids is 1. The summed E-state index contributed by atoms with van der Waals surface area (Å²) in [6.07, 6.45) is 3.21. The minimum Gasteiger partial charge on any atom is -0.508 e. The summed E-state index contributed by atoms with van der Waals surface area (Å²) in [6.45, 7) is 2.76. The lowest BCUT2D eigenvalue weighted by Gasteiger charge is -2.26. The van der Waals surface area contributed by atoms with Crippen LogP contribution in [0.1, 0.15) is 29.6 Å². The standard InChI is InChI=1S/C12H14NO2/c14-11-6-4-10(5-7-11)12(15)13-8-2-1-3-9-13/h4-8,14H,1-3,9H2. The maximum absolute atomic E-state index is 11.9. The van der Waals surface area contributed by atoms with Crippen LogP contribution in [0.4, 0.5) is 0 Å². The van der Waals surface area contributed by atoms with Crippen molar-refractivity contribution >= 4 is 5.91 Å². The zero-order chi connectivity index (χ0) is 10.7. The lowest BCUT2D eigenvalue weighted by molar-refractivity contribution is 0.0774. The number of carbonyl (C=O) groups is 1. The highest BCUT2D eigenvalue weighted by molar-refractivity contribution is 5.94. The Morgan fingerprint density at radius 2 is 1.93 bits per heavy atom.